The van der Waals surface area contributed by atoms with E-state index in [1.165, 1.54) is 0 Å². The number of hydrogen-bond donors (Lipinski definition) is 1. The lowest BCUT2D eigenvalue weighted by Gasteiger charge is -2.26. The summed E-state index contributed by atoms with van der Waals surface area (Å²) in [5.41, 5.74) is 2.58. The summed E-state index contributed by atoms with van der Waals surface area (Å²) in [4.78, 5) is 26.5. The SMILES string of the molecule is Cc1csc(CN2CCc3nc(-c4ccco4)[nH]c(=O)c3C2)n1. The molecule has 1 aliphatic heterocycles. The summed E-state index contributed by atoms with van der Waals surface area (Å²) in [5, 5.41) is 3.14. The number of aromatic amines is 1. The minimum Gasteiger partial charge on any atom is -0.461 e. The highest BCUT2D eigenvalue weighted by molar-refractivity contribution is 7.09. The van der Waals surface area contributed by atoms with Crippen LogP contribution in [0.5, 0.6) is 0 Å². The van der Waals surface area contributed by atoms with Crippen LogP contribution in [0.3, 0.4) is 0 Å². The Labute approximate surface area is 136 Å². The smallest absolute Gasteiger partial charge is 0.256 e. The Balaban J connectivity index is 1.59. The van der Waals surface area contributed by atoms with Crippen molar-refractivity contribution in [3.63, 3.8) is 0 Å². The van der Waals surface area contributed by atoms with E-state index in [0.717, 1.165) is 41.5 Å². The average molecular weight is 328 g/mol. The van der Waals surface area contributed by atoms with E-state index in [2.05, 4.69) is 25.2 Å². The number of furan rings is 1. The predicted octanol–water partition coefficient (Wildman–Crippen LogP) is 2.35. The third-order valence-corrected chi connectivity index (χ3v) is 4.88. The molecule has 6 nitrogen and oxygen atoms in total. The van der Waals surface area contributed by atoms with Crippen LogP contribution in [0.4, 0.5) is 0 Å². The molecule has 0 fully saturated rings. The van der Waals surface area contributed by atoms with E-state index in [1.807, 2.05) is 6.92 Å². The van der Waals surface area contributed by atoms with E-state index >= 15 is 0 Å². The number of H-pyrrole nitrogens is 1. The largest absolute Gasteiger partial charge is 0.461 e. The molecule has 118 valence electrons. The topological polar surface area (TPSA) is 75.0 Å². The fraction of sp³-hybridized carbons (Fsp3) is 0.312. The van der Waals surface area contributed by atoms with Crippen LogP contribution < -0.4 is 5.56 Å². The summed E-state index contributed by atoms with van der Waals surface area (Å²) in [5.74, 6) is 1.09. The maximum Gasteiger partial charge on any atom is 0.256 e. The number of aryl methyl sites for hydroxylation is 1. The molecule has 3 aromatic rings. The maximum absolute atomic E-state index is 12.4. The third kappa shape index (κ3) is 2.85. The Morgan fingerprint density at radius 2 is 2.35 bits per heavy atom. The number of nitrogens with one attached hydrogen (secondary N) is 1. The van der Waals surface area contributed by atoms with Crippen LogP contribution >= 0.6 is 11.3 Å². The molecule has 0 amide bonds. The Bertz CT molecular complexity index is 882. The van der Waals surface area contributed by atoms with Crippen LogP contribution in [0.1, 0.15) is 22.0 Å². The molecule has 4 heterocycles. The van der Waals surface area contributed by atoms with Crippen molar-refractivity contribution >= 4 is 11.3 Å². The fourth-order valence-electron chi connectivity index (χ4n) is 2.81. The molecule has 1 N–H and O–H groups in total. The van der Waals surface area contributed by atoms with Gasteiger partial charge in [0.15, 0.2) is 11.6 Å². The van der Waals surface area contributed by atoms with Gasteiger partial charge in [-0.05, 0) is 19.1 Å². The molecule has 0 aromatic carbocycles. The van der Waals surface area contributed by atoms with Crippen molar-refractivity contribution < 1.29 is 4.42 Å². The van der Waals surface area contributed by atoms with Crippen LogP contribution in [-0.4, -0.2) is 26.4 Å². The molecule has 0 aliphatic carbocycles. The molecule has 1 aliphatic rings. The quantitative estimate of drug-likeness (QED) is 0.799. The molecule has 0 radical (unpaired) electrons. The Hall–Kier alpha value is -2.25. The number of nitrogens with zero attached hydrogens (tertiary/aromatic N) is 3. The van der Waals surface area contributed by atoms with Gasteiger partial charge < -0.3 is 9.40 Å². The van der Waals surface area contributed by atoms with Gasteiger partial charge in [0.1, 0.15) is 5.01 Å². The number of aromatic nitrogens is 3. The van der Waals surface area contributed by atoms with Gasteiger partial charge in [-0.3, -0.25) is 9.69 Å². The van der Waals surface area contributed by atoms with Crippen molar-refractivity contribution in [3.8, 4) is 11.6 Å². The van der Waals surface area contributed by atoms with Gasteiger partial charge in [-0.25, -0.2) is 9.97 Å². The first kappa shape index (κ1) is 14.3. The number of hydrogen-bond acceptors (Lipinski definition) is 6. The lowest BCUT2D eigenvalue weighted by molar-refractivity contribution is 0.241. The van der Waals surface area contributed by atoms with Crippen LogP contribution in [0.15, 0.2) is 33.0 Å². The predicted molar refractivity (Wildman–Crippen MR) is 87.2 cm³/mol. The van der Waals surface area contributed by atoms with E-state index in [4.69, 9.17) is 4.42 Å². The second-order valence-corrected chi connectivity index (χ2v) is 6.60. The molecule has 23 heavy (non-hydrogen) atoms. The molecule has 4 rings (SSSR count). The van der Waals surface area contributed by atoms with Crippen LogP contribution in [0.2, 0.25) is 0 Å². The Kier molecular flexibility index (Phi) is 3.59. The molecule has 0 saturated carbocycles. The molecule has 0 bridgehead atoms. The van der Waals surface area contributed by atoms with Crippen LogP contribution in [-0.2, 0) is 19.5 Å². The summed E-state index contributed by atoms with van der Waals surface area (Å²) in [6, 6.07) is 3.58. The highest BCUT2D eigenvalue weighted by Gasteiger charge is 2.22. The van der Waals surface area contributed by atoms with Gasteiger partial charge in [0.05, 0.1) is 24.1 Å². The summed E-state index contributed by atoms with van der Waals surface area (Å²) >= 11 is 1.66. The van der Waals surface area contributed by atoms with E-state index in [0.29, 0.717) is 18.1 Å². The maximum atomic E-state index is 12.4. The molecule has 0 unspecified atom stereocenters. The number of thiazole rings is 1. The van der Waals surface area contributed by atoms with Crippen molar-refractivity contribution in [2.24, 2.45) is 0 Å². The van der Waals surface area contributed by atoms with Crippen LogP contribution in [0, 0.1) is 6.92 Å². The molecular weight excluding hydrogens is 312 g/mol. The zero-order valence-corrected chi connectivity index (χ0v) is 13.5. The number of fused-ring (bicyclic) bond motifs is 1. The fourth-order valence-corrected chi connectivity index (χ4v) is 3.63. The molecule has 7 heteroatoms. The van der Waals surface area contributed by atoms with Crippen LogP contribution in [0.25, 0.3) is 11.6 Å². The van der Waals surface area contributed by atoms with Crippen molar-refractivity contribution in [1.82, 2.24) is 19.9 Å². The zero-order valence-electron chi connectivity index (χ0n) is 12.7. The van der Waals surface area contributed by atoms with E-state index in [-0.39, 0.29) is 5.56 Å². The summed E-state index contributed by atoms with van der Waals surface area (Å²) < 4.78 is 5.32. The Morgan fingerprint density at radius 1 is 1.43 bits per heavy atom. The third-order valence-electron chi connectivity index (χ3n) is 3.93. The van der Waals surface area contributed by atoms with Gasteiger partial charge >= 0.3 is 0 Å². The first-order chi connectivity index (χ1) is 11.2. The van der Waals surface area contributed by atoms with Gasteiger partial charge in [-0.1, -0.05) is 0 Å². The molecule has 0 atom stereocenters. The summed E-state index contributed by atoms with van der Waals surface area (Å²) in [7, 11) is 0. The van der Waals surface area contributed by atoms with E-state index < -0.39 is 0 Å². The van der Waals surface area contributed by atoms with Gasteiger partial charge in [-0.15, -0.1) is 11.3 Å². The van der Waals surface area contributed by atoms with Crippen molar-refractivity contribution in [3.05, 3.63) is 56.1 Å². The molecule has 0 saturated heterocycles. The van der Waals surface area contributed by atoms with E-state index in [9.17, 15) is 4.79 Å². The van der Waals surface area contributed by atoms with Gasteiger partial charge in [0, 0.05) is 30.6 Å². The highest BCUT2D eigenvalue weighted by atomic mass is 32.1. The minimum absolute atomic E-state index is 0.0820. The average Bonchev–Trinajstić information content (AvgIpc) is 3.20. The first-order valence-electron chi connectivity index (χ1n) is 7.48. The molecule has 3 aromatic heterocycles. The molecular formula is C16H16N4O2S. The highest BCUT2D eigenvalue weighted by Crippen LogP contribution is 2.21. The standard InChI is InChI=1S/C16H16N4O2S/c1-10-9-23-14(17-10)8-20-5-4-12-11(7-20)16(21)19-15(18-12)13-3-2-6-22-13/h2-3,6,9H,4-5,7-8H2,1H3,(H,18,19,21). The monoisotopic (exact) mass is 328 g/mol. The van der Waals surface area contributed by atoms with Gasteiger partial charge in [0.2, 0.25) is 0 Å². The first-order valence-corrected chi connectivity index (χ1v) is 8.36. The summed E-state index contributed by atoms with van der Waals surface area (Å²) in [6.07, 6.45) is 2.34. The lowest BCUT2D eigenvalue weighted by atomic mass is 10.1. The van der Waals surface area contributed by atoms with E-state index in [1.54, 1.807) is 29.7 Å². The van der Waals surface area contributed by atoms with Crippen molar-refractivity contribution in [2.75, 3.05) is 6.54 Å². The second-order valence-electron chi connectivity index (χ2n) is 5.66. The minimum atomic E-state index is -0.0820. The lowest BCUT2D eigenvalue weighted by Crippen LogP contribution is -2.35. The van der Waals surface area contributed by atoms with Crippen molar-refractivity contribution in [2.45, 2.75) is 26.4 Å². The van der Waals surface area contributed by atoms with Gasteiger partial charge in [0.25, 0.3) is 5.56 Å². The zero-order chi connectivity index (χ0) is 15.8. The summed E-state index contributed by atoms with van der Waals surface area (Å²) in [6.45, 7) is 4.25. The second kappa shape index (κ2) is 5.75. The normalized spacial score (nSPS) is 14.8. The molecule has 0 spiro atoms. The number of rotatable bonds is 3. The Morgan fingerprint density at radius 3 is 3.09 bits per heavy atom. The van der Waals surface area contributed by atoms with Crippen molar-refractivity contribution in [1.29, 1.82) is 0 Å². The van der Waals surface area contributed by atoms with Gasteiger partial charge in [-0.2, -0.15) is 0 Å².